The molecule has 2 rings (SSSR count). The number of hydrogen-bond acceptors (Lipinski definition) is 3. The molecule has 0 amide bonds. The number of ether oxygens (including phenoxy) is 1. The van der Waals surface area contributed by atoms with E-state index in [1.165, 1.54) is 5.56 Å². The van der Waals surface area contributed by atoms with Gasteiger partial charge in [0.05, 0.1) is 18.1 Å². The molecule has 0 saturated heterocycles. The highest BCUT2D eigenvalue weighted by Gasteiger charge is 2.43. The molecule has 0 unspecified atom stereocenters. The van der Waals surface area contributed by atoms with Gasteiger partial charge >= 0.3 is 0 Å². The summed E-state index contributed by atoms with van der Waals surface area (Å²) in [6, 6.07) is 10.7. The van der Waals surface area contributed by atoms with Crippen LogP contribution in [-0.2, 0) is 6.42 Å². The Labute approximate surface area is 115 Å². The van der Waals surface area contributed by atoms with E-state index in [0.29, 0.717) is 6.61 Å². The smallest absolute Gasteiger partial charge is 0.119 e. The Morgan fingerprint density at radius 1 is 1.32 bits per heavy atom. The van der Waals surface area contributed by atoms with E-state index < -0.39 is 0 Å². The van der Waals surface area contributed by atoms with Crippen LogP contribution in [0.2, 0.25) is 0 Å². The van der Waals surface area contributed by atoms with Crippen molar-refractivity contribution in [2.45, 2.75) is 26.2 Å². The van der Waals surface area contributed by atoms with Crippen molar-refractivity contribution >= 4 is 0 Å². The third-order valence-corrected chi connectivity index (χ3v) is 3.68. The topological polar surface area (TPSA) is 36.3 Å². The van der Waals surface area contributed by atoms with Gasteiger partial charge in [-0.1, -0.05) is 12.1 Å². The van der Waals surface area contributed by atoms with E-state index >= 15 is 0 Å². The predicted octanol–water partition coefficient (Wildman–Crippen LogP) is 2.86. The van der Waals surface area contributed by atoms with Crippen LogP contribution in [0.4, 0.5) is 0 Å². The number of likely N-dealkylation sites (N-methyl/N-ethyl adjacent to an activating group) is 1. The third kappa shape index (κ3) is 3.97. The molecule has 1 saturated carbocycles. The zero-order valence-electron chi connectivity index (χ0n) is 11.9. The maximum Gasteiger partial charge on any atom is 0.119 e. The Balaban J connectivity index is 1.77. The highest BCUT2D eigenvalue weighted by molar-refractivity contribution is 5.27. The SMILES string of the molecule is CCOc1ccc(CCN(C)CC2(C#N)CC2)cc1. The van der Waals surface area contributed by atoms with Crippen LogP contribution in [0.3, 0.4) is 0 Å². The highest BCUT2D eigenvalue weighted by Crippen LogP contribution is 2.45. The molecule has 3 nitrogen and oxygen atoms in total. The van der Waals surface area contributed by atoms with Gasteiger partial charge in [-0.05, 0) is 50.9 Å². The summed E-state index contributed by atoms with van der Waals surface area (Å²) >= 11 is 0. The molecule has 102 valence electrons. The van der Waals surface area contributed by atoms with E-state index in [0.717, 1.165) is 38.1 Å². The zero-order chi connectivity index (χ0) is 13.7. The van der Waals surface area contributed by atoms with Gasteiger partial charge in [-0.25, -0.2) is 0 Å². The van der Waals surface area contributed by atoms with Crippen molar-refractivity contribution in [2.24, 2.45) is 5.41 Å². The summed E-state index contributed by atoms with van der Waals surface area (Å²) in [5, 5.41) is 9.08. The second-order valence-electron chi connectivity index (χ2n) is 5.46. The van der Waals surface area contributed by atoms with Crippen molar-refractivity contribution in [1.82, 2.24) is 4.90 Å². The van der Waals surface area contributed by atoms with Crippen LogP contribution >= 0.6 is 0 Å². The molecule has 0 radical (unpaired) electrons. The molecular weight excluding hydrogens is 236 g/mol. The minimum atomic E-state index is -0.0342. The minimum Gasteiger partial charge on any atom is -0.494 e. The molecule has 0 N–H and O–H groups in total. The first-order valence-electron chi connectivity index (χ1n) is 6.99. The van der Waals surface area contributed by atoms with Gasteiger partial charge < -0.3 is 9.64 Å². The van der Waals surface area contributed by atoms with Crippen LogP contribution in [-0.4, -0.2) is 31.6 Å². The Morgan fingerprint density at radius 3 is 2.53 bits per heavy atom. The molecule has 0 aliphatic heterocycles. The molecule has 19 heavy (non-hydrogen) atoms. The summed E-state index contributed by atoms with van der Waals surface area (Å²) in [5.74, 6) is 0.931. The summed E-state index contributed by atoms with van der Waals surface area (Å²) < 4.78 is 5.43. The maximum atomic E-state index is 9.08. The van der Waals surface area contributed by atoms with Crippen molar-refractivity contribution < 1.29 is 4.74 Å². The Kier molecular flexibility index (Phi) is 4.44. The molecule has 1 aromatic rings. The molecule has 0 spiro atoms. The number of rotatable bonds is 7. The van der Waals surface area contributed by atoms with Crippen molar-refractivity contribution in [3.8, 4) is 11.8 Å². The predicted molar refractivity (Wildman–Crippen MR) is 76.1 cm³/mol. The van der Waals surface area contributed by atoms with Gasteiger partial charge in [0.25, 0.3) is 0 Å². The van der Waals surface area contributed by atoms with Gasteiger partial charge in [-0.3, -0.25) is 0 Å². The number of hydrogen-bond donors (Lipinski definition) is 0. The maximum absolute atomic E-state index is 9.08. The fraction of sp³-hybridized carbons (Fsp3) is 0.562. The molecule has 1 fully saturated rings. The lowest BCUT2D eigenvalue weighted by atomic mass is 10.1. The van der Waals surface area contributed by atoms with E-state index in [-0.39, 0.29) is 5.41 Å². The van der Waals surface area contributed by atoms with Crippen molar-refractivity contribution in [3.05, 3.63) is 29.8 Å². The summed E-state index contributed by atoms with van der Waals surface area (Å²) in [4.78, 5) is 2.27. The average Bonchev–Trinajstić information content (AvgIpc) is 3.19. The summed E-state index contributed by atoms with van der Waals surface area (Å²) in [5.41, 5.74) is 1.28. The van der Waals surface area contributed by atoms with Gasteiger partial charge in [0.15, 0.2) is 0 Å². The van der Waals surface area contributed by atoms with E-state index in [9.17, 15) is 0 Å². The Bertz CT molecular complexity index is 443. The molecule has 1 aliphatic rings. The first-order chi connectivity index (χ1) is 9.17. The fourth-order valence-corrected chi connectivity index (χ4v) is 2.29. The minimum absolute atomic E-state index is 0.0342. The number of nitriles is 1. The molecule has 1 aliphatic carbocycles. The largest absolute Gasteiger partial charge is 0.494 e. The zero-order valence-corrected chi connectivity index (χ0v) is 11.9. The summed E-state index contributed by atoms with van der Waals surface area (Å²) in [7, 11) is 2.10. The lowest BCUT2D eigenvalue weighted by Crippen LogP contribution is -2.28. The summed E-state index contributed by atoms with van der Waals surface area (Å²) in [6.07, 6.45) is 3.15. The van der Waals surface area contributed by atoms with Crippen molar-refractivity contribution in [3.63, 3.8) is 0 Å². The van der Waals surface area contributed by atoms with Crippen molar-refractivity contribution in [1.29, 1.82) is 5.26 Å². The van der Waals surface area contributed by atoms with Crippen LogP contribution in [0.25, 0.3) is 0 Å². The van der Waals surface area contributed by atoms with Crippen LogP contribution < -0.4 is 4.74 Å². The van der Waals surface area contributed by atoms with E-state index in [4.69, 9.17) is 10.00 Å². The van der Waals surface area contributed by atoms with Crippen LogP contribution in [0.1, 0.15) is 25.3 Å². The second-order valence-corrected chi connectivity index (χ2v) is 5.46. The third-order valence-electron chi connectivity index (χ3n) is 3.68. The molecule has 3 heteroatoms. The summed E-state index contributed by atoms with van der Waals surface area (Å²) in [6.45, 7) is 4.60. The second kappa shape index (κ2) is 6.08. The van der Waals surface area contributed by atoms with Crippen molar-refractivity contribution in [2.75, 3.05) is 26.7 Å². The molecule has 1 aromatic carbocycles. The Hall–Kier alpha value is -1.53. The first kappa shape index (κ1) is 13.9. The van der Waals surface area contributed by atoms with Gasteiger partial charge in [0.1, 0.15) is 5.75 Å². The van der Waals surface area contributed by atoms with Gasteiger partial charge in [0, 0.05) is 13.1 Å². The van der Waals surface area contributed by atoms with Gasteiger partial charge in [0.2, 0.25) is 0 Å². The first-order valence-corrected chi connectivity index (χ1v) is 6.99. The molecular formula is C16H22N2O. The lowest BCUT2D eigenvalue weighted by molar-refractivity contribution is 0.297. The van der Waals surface area contributed by atoms with Gasteiger partial charge in [-0.15, -0.1) is 0 Å². The quantitative estimate of drug-likeness (QED) is 0.754. The number of benzene rings is 1. The van der Waals surface area contributed by atoms with E-state index in [1.807, 2.05) is 19.1 Å². The van der Waals surface area contributed by atoms with Gasteiger partial charge in [-0.2, -0.15) is 5.26 Å². The normalized spacial score (nSPS) is 16.1. The van der Waals surface area contributed by atoms with Crippen LogP contribution in [0, 0.1) is 16.7 Å². The highest BCUT2D eigenvalue weighted by atomic mass is 16.5. The standard InChI is InChI=1S/C16H22N2O/c1-3-19-15-6-4-14(5-7-15)8-11-18(2)13-16(12-17)9-10-16/h4-7H,3,8-11,13H2,1-2H3. The molecule has 0 heterocycles. The van der Waals surface area contributed by atoms with E-state index in [1.54, 1.807) is 0 Å². The van der Waals surface area contributed by atoms with E-state index in [2.05, 4.69) is 30.1 Å². The monoisotopic (exact) mass is 258 g/mol. The molecule has 0 bridgehead atoms. The Morgan fingerprint density at radius 2 is 2.00 bits per heavy atom. The van der Waals surface area contributed by atoms with Crippen LogP contribution in [0.15, 0.2) is 24.3 Å². The molecule has 0 atom stereocenters. The number of nitrogens with zero attached hydrogens (tertiary/aromatic N) is 2. The average molecular weight is 258 g/mol. The lowest BCUT2D eigenvalue weighted by Gasteiger charge is -2.19. The molecule has 0 aromatic heterocycles. The fourth-order valence-electron chi connectivity index (χ4n) is 2.29. The van der Waals surface area contributed by atoms with Crippen LogP contribution in [0.5, 0.6) is 5.75 Å².